The second-order valence-corrected chi connectivity index (χ2v) is 5.31. The van der Waals surface area contributed by atoms with E-state index in [0.29, 0.717) is 17.9 Å². The van der Waals surface area contributed by atoms with Crippen LogP contribution in [0, 0.1) is 18.3 Å². The van der Waals surface area contributed by atoms with E-state index in [1.54, 1.807) is 23.3 Å². The summed E-state index contributed by atoms with van der Waals surface area (Å²) in [5.41, 5.74) is 3.39. The number of hydrogen-bond donors (Lipinski definition) is 1. The fourth-order valence-corrected chi connectivity index (χ4v) is 2.49. The Morgan fingerprint density at radius 1 is 1.18 bits per heavy atom. The van der Waals surface area contributed by atoms with Gasteiger partial charge in [0.25, 0.3) is 0 Å². The number of nitrogens with zero attached hydrogens (tertiary/aromatic N) is 4. The van der Waals surface area contributed by atoms with E-state index in [1.807, 2.05) is 43.2 Å². The summed E-state index contributed by atoms with van der Waals surface area (Å²) in [6.07, 6.45) is 1.77. The molecule has 1 aromatic heterocycles. The van der Waals surface area contributed by atoms with Gasteiger partial charge in [-0.2, -0.15) is 5.26 Å². The summed E-state index contributed by atoms with van der Waals surface area (Å²) in [7, 11) is 1.90. The summed E-state index contributed by atoms with van der Waals surface area (Å²) < 4.78 is 0. The van der Waals surface area contributed by atoms with Crippen LogP contribution in [0.4, 0.5) is 5.82 Å². The molecule has 0 unspecified atom stereocenters. The van der Waals surface area contributed by atoms with Crippen molar-refractivity contribution < 1.29 is 5.11 Å². The number of aliphatic hydroxyl groups excluding tert-OH is 1. The van der Waals surface area contributed by atoms with Crippen LogP contribution in [-0.4, -0.2) is 28.7 Å². The van der Waals surface area contributed by atoms with Gasteiger partial charge in [-0.3, -0.25) is 0 Å². The minimum Gasteiger partial charge on any atom is -0.493 e. The van der Waals surface area contributed by atoms with E-state index in [9.17, 15) is 5.11 Å². The van der Waals surface area contributed by atoms with Gasteiger partial charge in [0.15, 0.2) is 0 Å². The number of nitriles is 1. The van der Waals surface area contributed by atoms with Crippen LogP contribution in [0.2, 0.25) is 0 Å². The molecule has 0 aliphatic carbocycles. The summed E-state index contributed by atoms with van der Waals surface area (Å²) >= 11 is 0. The second-order valence-electron chi connectivity index (χ2n) is 5.31. The Bertz CT molecular complexity index is 757. The van der Waals surface area contributed by atoms with Gasteiger partial charge in [0, 0.05) is 25.4 Å². The lowest BCUT2D eigenvalue weighted by Gasteiger charge is -2.25. The molecular weight excluding hydrogens is 276 g/mol. The fourth-order valence-electron chi connectivity index (χ4n) is 2.49. The molecular formula is C17H16N4O. The van der Waals surface area contributed by atoms with Crippen molar-refractivity contribution in [2.45, 2.75) is 6.92 Å². The number of rotatable bonds is 2. The third-order valence-electron chi connectivity index (χ3n) is 3.67. The van der Waals surface area contributed by atoms with Crippen LogP contribution in [-0.2, 0) is 0 Å². The highest BCUT2D eigenvalue weighted by Crippen LogP contribution is 2.31. The molecule has 0 saturated carbocycles. The normalized spacial score (nSPS) is 15.2. The van der Waals surface area contributed by atoms with E-state index >= 15 is 0 Å². The van der Waals surface area contributed by atoms with Crippen LogP contribution < -0.4 is 5.01 Å². The van der Waals surface area contributed by atoms with Crippen LogP contribution in [0.5, 0.6) is 0 Å². The van der Waals surface area contributed by atoms with Gasteiger partial charge >= 0.3 is 0 Å². The lowest BCUT2D eigenvalue weighted by Crippen LogP contribution is -2.34. The van der Waals surface area contributed by atoms with Crippen molar-refractivity contribution in [3.63, 3.8) is 0 Å². The maximum Gasteiger partial charge on any atom is 0.213 e. The number of pyridine rings is 1. The van der Waals surface area contributed by atoms with Crippen LogP contribution in [0.3, 0.4) is 0 Å². The van der Waals surface area contributed by atoms with E-state index in [1.165, 1.54) is 0 Å². The molecule has 3 rings (SSSR count). The molecule has 0 spiro atoms. The second kappa shape index (κ2) is 5.51. The lowest BCUT2D eigenvalue weighted by atomic mass is 10.1. The van der Waals surface area contributed by atoms with Crippen molar-refractivity contribution in [2.24, 2.45) is 0 Å². The number of likely N-dealkylation sites (N-methyl/N-ethyl adjacent to an activating group) is 1. The van der Waals surface area contributed by atoms with Crippen molar-refractivity contribution >= 4 is 11.4 Å². The van der Waals surface area contributed by atoms with Gasteiger partial charge in [-0.05, 0) is 36.2 Å². The molecule has 0 atom stereocenters. The average Bonchev–Trinajstić information content (AvgIpc) is 2.83. The van der Waals surface area contributed by atoms with Crippen LogP contribution >= 0.6 is 0 Å². The predicted molar refractivity (Wildman–Crippen MR) is 84.8 cm³/mol. The molecule has 1 N–H and O–H groups in total. The van der Waals surface area contributed by atoms with E-state index in [0.717, 1.165) is 16.7 Å². The highest BCUT2D eigenvalue weighted by atomic mass is 16.3. The maximum atomic E-state index is 10.6. The Morgan fingerprint density at radius 3 is 2.50 bits per heavy atom. The Hall–Kier alpha value is -2.84. The third-order valence-corrected chi connectivity index (χ3v) is 3.67. The number of aliphatic hydroxyl groups is 1. The standard InChI is InChI=1S/C17H16N4O/c1-12-3-8-16(19-10-12)21-17(22)15(11-20(21)2)14-6-4-13(9-18)5-7-14/h3-8,10,22H,11H2,1-2H3. The smallest absolute Gasteiger partial charge is 0.213 e. The quantitative estimate of drug-likeness (QED) is 0.922. The van der Waals surface area contributed by atoms with Gasteiger partial charge in [0.2, 0.25) is 5.88 Å². The zero-order valence-electron chi connectivity index (χ0n) is 12.5. The first-order chi connectivity index (χ1) is 10.6. The Balaban J connectivity index is 1.98. The summed E-state index contributed by atoms with van der Waals surface area (Å²) in [4.78, 5) is 4.36. The van der Waals surface area contributed by atoms with Gasteiger partial charge in [-0.1, -0.05) is 18.2 Å². The van der Waals surface area contributed by atoms with Gasteiger partial charge in [-0.25, -0.2) is 15.0 Å². The number of aryl methyl sites for hydroxylation is 1. The fraction of sp³-hybridized carbons (Fsp3) is 0.176. The average molecular weight is 292 g/mol. The molecule has 1 aromatic carbocycles. The monoisotopic (exact) mass is 292 g/mol. The molecule has 110 valence electrons. The molecule has 0 amide bonds. The summed E-state index contributed by atoms with van der Waals surface area (Å²) in [5, 5.41) is 23.0. The van der Waals surface area contributed by atoms with Crippen LogP contribution in [0.1, 0.15) is 16.7 Å². The Kier molecular flexibility index (Phi) is 3.53. The van der Waals surface area contributed by atoms with E-state index in [-0.39, 0.29) is 5.88 Å². The first-order valence-corrected chi connectivity index (χ1v) is 6.96. The molecule has 0 radical (unpaired) electrons. The van der Waals surface area contributed by atoms with Crippen LogP contribution in [0.25, 0.3) is 5.57 Å². The summed E-state index contributed by atoms with van der Waals surface area (Å²) in [5.74, 6) is 0.845. The lowest BCUT2D eigenvalue weighted by molar-refractivity contribution is 0.308. The van der Waals surface area contributed by atoms with Gasteiger partial charge < -0.3 is 5.11 Å². The topological polar surface area (TPSA) is 63.4 Å². The molecule has 22 heavy (non-hydrogen) atoms. The predicted octanol–water partition coefficient (Wildman–Crippen LogP) is 2.86. The Morgan fingerprint density at radius 2 is 1.91 bits per heavy atom. The van der Waals surface area contributed by atoms with E-state index in [2.05, 4.69) is 11.1 Å². The molecule has 0 bridgehead atoms. The molecule has 1 aliphatic heterocycles. The number of hydrogen-bond acceptors (Lipinski definition) is 5. The third kappa shape index (κ3) is 2.41. The molecule has 5 heteroatoms. The van der Waals surface area contributed by atoms with Crippen molar-refractivity contribution in [3.8, 4) is 6.07 Å². The minimum atomic E-state index is 0.170. The largest absolute Gasteiger partial charge is 0.493 e. The molecule has 2 aromatic rings. The van der Waals surface area contributed by atoms with Gasteiger partial charge in [0.05, 0.1) is 11.6 Å². The number of benzene rings is 1. The molecule has 2 heterocycles. The van der Waals surface area contributed by atoms with Crippen molar-refractivity contribution in [1.82, 2.24) is 9.99 Å². The highest BCUT2D eigenvalue weighted by molar-refractivity contribution is 5.74. The zero-order valence-corrected chi connectivity index (χ0v) is 12.5. The van der Waals surface area contributed by atoms with Crippen molar-refractivity contribution in [2.75, 3.05) is 18.6 Å². The van der Waals surface area contributed by atoms with Crippen LogP contribution in [0.15, 0.2) is 48.5 Å². The summed E-state index contributed by atoms with van der Waals surface area (Å²) in [6.45, 7) is 2.55. The molecule has 0 fully saturated rings. The molecule has 5 nitrogen and oxygen atoms in total. The SMILES string of the molecule is Cc1ccc(N2C(O)=C(c3ccc(C#N)cc3)CN2C)nc1. The number of hydrazine groups is 1. The highest BCUT2D eigenvalue weighted by Gasteiger charge is 2.30. The van der Waals surface area contributed by atoms with Gasteiger partial charge in [0.1, 0.15) is 5.82 Å². The number of anilines is 1. The minimum absolute atomic E-state index is 0.170. The van der Waals surface area contributed by atoms with E-state index < -0.39 is 0 Å². The first-order valence-electron chi connectivity index (χ1n) is 6.96. The maximum absolute atomic E-state index is 10.6. The molecule has 1 aliphatic rings. The van der Waals surface area contributed by atoms with Crippen molar-refractivity contribution in [1.29, 1.82) is 5.26 Å². The molecule has 0 saturated heterocycles. The van der Waals surface area contributed by atoms with E-state index in [4.69, 9.17) is 5.26 Å². The van der Waals surface area contributed by atoms with Gasteiger partial charge in [-0.15, -0.1) is 0 Å². The number of aromatic nitrogens is 1. The summed E-state index contributed by atoms with van der Waals surface area (Å²) in [6, 6.07) is 13.1. The first kappa shape index (κ1) is 14.1. The Labute approximate surface area is 129 Å². The zero-order chi connectivity index (χ0) is 15.7. The van der Waals surface area contributed by atoms with Crippen molar-refractivity contribution in [3.05, 3.63) is 65.2 Å².